The normalized spacial score (nSPS) is 18.3. The average Bonchev–Trinajstić information content (AvgIpc) is 3.73. The second kappa shape index (κ2) is 13.8. The molecule has 1 spiro atoms. The lowest BCUT2D eigenvalue weighted by molar-refractivity contribution is 0.176. The van der Waals surface area contributed by atoms with E-state index in [-0.39, 0.29) is 22.7 Å². The molecule has 0 amide bonds. The number of halogens is 1. The molecule has 5 heterocycles. The van der Waals surface area contributed by atoms with Crippen molar-refractivity contribution in [3.63, 3.8) is 0 Å². The van der Waals surface area contributed by atoms with E-state index in [9.17, 15) is 4.21 Å². The van der Waals surface area contributed by atoms with Crippen molar-refractivity contribution in [1.29, 1.82) is 0 Å². The van der Waals surface area contributed by atoms with Gasteiger partial charge in [-0.05, 0) is 87.8 Å². The number of pyridine rings is 2. The van der Waals surface area contributed by atoms with Crippen molar-refractivity contribution in [2.24, 2.45) is 5.41 Å². The number of nitrogens with zero attached hydrogens (tertiary/aromatic N) is 7. The third-order valence-corrected chi connectivity index (χ3v) is 13.0. The summed E-state index contributed by atoms with van der Waals surface area (Å²) < 4.78 is 40.4. The summed E-state index contributed by atoms with van der Waals surface area (Å²) in [6.07, 6.45) is 9.89. The molecule has 50 heavy (non-hydrogen) atoms. The summed E-state index contributed by atoms with van der Waals surface area (Å²) in [4.78, 5) is 24.6. The number of imidazole rings is 1. The summed E-state index contributed by atoms with van der Waals surface area (Å²) in [5.74, 6) is 1.93. The van der Waals surface area contributed by atoms with Crippen LogP contribution in [0.3, 0.4) is 0 Å². The number of ether oxygens (including phenoxy) is 1. The highest BCUT2D eigenvalue weighted by Gasteiger charge is 2.49. The van der Waals surface area contributed by atoms with Gasteiger partial charge in [-0.15, -0.1) is 0 Å². The molecule has 5 aromatic rings. The lowest BCUT2D eigenvalue weighted by atomic mass is 9.73. The minimum absolute atomic E-state index is 0.0392. The minimum atomic E-state index is -1.33. The van der Waals surface area contributed by atoms with E-state index in [2.05, 4.69) is 20.7 Å². The molecule has 4 aromatic heterocycles. The van der Waals surface area contributed by atoms with Gasteiger partial charge in [0.15, 0.2) is 5.65 Å². The fraction of sp³-hybridized carbons (Fsp3) is 0.405. The topological polar surface area (TPSA) is 101 Å². The molecule has 7 rings (SSSR count). The number of rotatable bonds is 9. The highest BCUT2D eigenvalue weighted by molar-refractivity contribution is 7.99. The summed E-state index contributed by atoms with van der Waals surface area (Å²) in [5, 5.41) is 0.364. The molecule has 0 bridgehead atoms. The Bertz CT molecular complexity index is 2100. The smallest absolute Gasteiger partial charge is 0.211 e. The Morgan fingerprint density at radius 2 is 1.90 bits per heavy atom. The molecule has 1 N–H and O–H groups in total. The van der Waals surface area contributed by atoms with Crippen LogP contribution in [0, 0.1) is 12.3 Å². The number of fused-ring (bicyclic) bond motifs is 2. The van der Waals surface area contributed by atoms with Crippen LogP contribution in [-0.2, 0) is 24.0 Å². The van der Waals surface area contributed by atoms with Crippen molar-refractivity contribution in [3.05, 3.63) is 94.8 Å². The van der Waals surface area contributed by atoms with Crippen LogP contribution < -0.4 is 19.3 Å². The van der Waals surface area contributed by atoms with Crippen molar-refractivity contribution in [1.82, 2.24) is 29.1 Å². The first-order chi connectivity index (χ1) is 24.9. The highest BCUT2D eigenvalue weighted by Crippen LogP contribution is 2.52. The van der Waals surface area contributed by atoms with E-state index in [0.717, 1.165) is 82.0 Å². The zero-order chi connectivity index (χ0) is 36.8. The van der Waals surface area contributed by atoms with Crippen molar-refractivity contribution in [2.75, 3.05) is 37.0 Å². The van der Waals surface area contributed by atoms with Gasteiger partial charge < -0.3 is 14.5 Å². The SMILES string of the molecule is [2H]C([2H])N(Cc1ccc(OC)cc1)c1nccc(Sc2c(C)nc(N3CCC4(CC3)Cc3ncccc3[C@H]4N[S@@](=O)C(C)(C)C)n3ccnc23)c1Cl. The Hall–Kier alpha value is -3.71. The second-order valence-corrected chi connectivity index (χ2v) is 17.4. The lowest BCUT2D eigenvalue weighted by Crippen LogP contribution is -2.48. The van der Waals surface area contributed by atoms with Gasteiger partial charge in [0.25, 0.3) is 0 Å². The maximum absolute atomic E-state index is 13.4. The van der Waals surface area contributed by atoms with E-state index in [1.54, 1.807) is 24.4 Å². The molecule has 1 aromatic carbocycles. The predicted octanol–water partition coefficient (Wildman–Crippen LogP) is 7.21. The maximum Gasteiger partial charge on any atom is 0.211 e. The van der Waals surface area contributed by atoms with Gasteiger partial charge >= 0.3 is 0 Å². The molecule has 0 unspecified atom stereocenters. The van der Waals surface area contributed by atoms with Crippen LogP contribution >= 0.6 is 23.4 Å². The number of anilines is 2. The molecule has 1 fully saturated rings. The van der Waals surface area contributed by atoms with Crippen molar-refractivity contribution < 1.29 is 11.7 Å². The Labute approximate surface area is 308 Å². The number of hydrogen-bond donors (Lipinski definition) is 1. The monoisotopic (exact) mass is 732 g/mol. The van der Waals surface area contributed by atoms with Crippen molar-refractivity contribution in [3.8, 4) is 5.75 Å². The van der Waals surface area contributed by atoms with E-state index in [1.807, 2.05) is 80.9 Å². The van der Waals surface area contributed by atoms with Crippen molar-refractivity contribution in [2.45, 2.75) is 74.1 Å². The summed E-state index contributed by atoms with van der Waals surface area (Å²) in [6.45, 7) is 8.51. The van der Waals surface area contributed by atoms with Gasteiger partial charge in [-0.3, -0.25) is 9.38 Å². The van der Waals surface area contributed by atoms with Gasteiger partial charge in [0.2, 0.25) is 5.95 Å². The maximum atomic E-state index is 13.4. The zero-order valence-electron chi connectivity index (χ0n) is 30.9. The van der Waals surface area contributed by atoms with Gasteiger partial charge in [0.05, 0.1) is 44.5 Å². The number of aromatic nitrogens is 5. The largest absolute Gasteiger partial charge is 0.497 e. The Balaban J connectivity index is 1.13. The first-order valence-corrected chi connectivity index (χ1v) is 19.0. The van der Waals surface area contributed by atoms with Crippen LogP contribution in [0.25, 0.3) is 5.65 Å². The van der Waals surface area contributed by atoms with E-state index in [4.69, 9.17) is 34.0 Å². The highest BCUT2D eigenvalue weighted by atomic mass is 35.5. The molecule has 2 aliphatic rings. The van der Waals surface area contributed by atoms with Crippen LogP contribution in [0.1, 0.15) is 64.9 Å². The number of methoxy groups -OCH3 is 1. The summed E-state index contributed by atoms with van der Waals surface area (Å²) in [5.41, 5.74) is 4.65. The van der Waals surface area contributed by atoms with Crippen LogP contribution in [0.2, 0.25) is 5.02 Å². The molecule has 13 heteroatoms. The Morgan fingerprint density at radius 1 is 1.12 bits per heavy atom. The van der Waals surface area contributed by atoms with Crippen LogP contribution in [0.5, 0.6) is 5.75 Å². The lowest BCUT2D eigenvalue weighted by Gasteiger charge is -2.44. The van der Waals surface area contributed by atoms with Crippen molar-refractivity contribution >= 4 is 51.8 Å². The molecule has 0 saturated carbocycles. The third-order valence-electron chi connectivity index (χ3n) is 9.68. The van der Waals surface area contributed by atoms with Gasteiger partial charge in [-0.1, -0.05) is 41.6 Å². The number of aryl methyl sites for hydroxylation is 1. The zero-order valence-corrected chi connectivity index (χ0v) is 31.3. The van der Waals surface area contributed by atoms with Gasteiger partial charge in [0.1, 0.15) is 11.6 Å². The van der Waals surface area contributed by atoms with Crippen LogP contribution in [0.4, 0.5) is 11.8 Å². The average molecular weight is 733 g/mol. The predicted molar refractivity (Wildman–Crippen MR) is 202 cm³/mol. The molecular formula is C37H43ClN8O2S2. The molecule has 1 saturated heterocycles. The fourth-order valence-electron chi connectivity index (χ4n) is 6.92. The van der Waals surface area contributed by atoms with Crippen LogP contribution in [-0.4, -0.2) is 60.5 Å². The van der Waals surface area contributed by atoms with E-state index in [0.29, 0.717) is 10.8 Å². The van der Waals surface area contributed by atoms with E-state index < -0.39 is 18.0 Å². The fourth-order valence-corrected chi connectivity index (χ4v) is 9.16. The molecule has 0 radical (unpaired) electrons. The van der Waals surface area contributed by atoms with E-state index >= 15 is 0 Å². The van der Waals surface area contributed by atoms with Gasteiger partial charge in [-0.25, -0.2) is 23.9 Å². The number of hydrogen-bond acceptors (Lipinski definition) is 9. The quantitative estimate of drug-likeness (QED) is 0.169. The summed E-state index contributed by atoms with van der Waals surface area (Å²) in [6, 6.07) is 13.4. The molecular weight excluding hydrogens is 688 g/mol. The molecule has 10 nitrogen and oxygen atoms in total. The first kappa shape index (κ1) is 32.2. The number of benzene rings is 1. The van der Waals surface area contributed by atoms with Crippen LogP contribution in [0.15, 0.2) is 77.0 Å². The van der Waals surface area contributed by atoms with Gasteiger partial charge in [-0.2, -0.15) is 0 Å². The molecule has 1 aliphatic heterocycles. The van der Waals surface area contributed by atoms with E-state index in [1.165, 1.54) is 11.8 Å². The minimum Gasteiger partial charge on any atom is -0.497 e. The Kier molecular flexibility index (Phi) is 8.88. The summed E-state index contributed by atoms with van der Waals surface area (Å²) in [7, 11) is 0.395. The second-order valence-electron chi connectivity index (χ2n) is 14.0. The molecule has 262 valence electrons. The molecule has 2 atom stereocenters. The standard InChI is InChI=1S/C37H43ClN8O2S2/c1-24-31(49-29-13-17-40-33(30(29)38)44(5)23-25-9-11-26(48-6)12-10-25)34-41-18-21-46(34)35(42-24)45-19-14-37(15-20-45)22-28-27(8-7-16-39-28)32(37)43-50(47)36(2,3)4/h7-13,16-18,21,32,43H,14-15,19-20,22-23H2,1-6H3/t32-,50+/m1/s1/i5D2. The number of nitrogens with one attached hydrogen (secondary N) is 1. The Morgan fingerprint density at radius 3 is 2.62 bits per heavy atom. The summed E-state index contributed by atoms with van der Waals surface area (Å²) >= 11 is 8.46. The number of piperidine rings is 1. The first-order valence-electron chi connectivity index (χ1n) is 17.8. The third kappa shape index (κ3) is 6.58. The molecule has 1 aliphatic carbocycles. The van der Waals surface area contributed by atoms with Gasteiger partial charge in [0, 0.05) is 64.8 Å².